The van der Waals surface area contributed by atoms with E-state index in [9.17, 15) is 9.32 Å². The van der Waals surface area contributed by atoms with E-state index in [0.717, 1.165) is 0 Å². The summed E-state index contributed by atoms with van der Waals surface area (Å²) in [7, 11) is -0.776. The summed E-state index contributed by atoms with van der Waals surface area (Å²) in [6.45, 7) is 2.97. The van der Waals surface area contributed by atoms with Gasteiger partial charge in [-0.15, -0.1) is 0 Å². The van der Waals surface area contributed by atoms with Gasteiger partial charge in [-0.05, 0) is 12.1 Å². The third-order valence-corrected chi connectivity index (χ3v) is 4.06. The van der Waals surface area contributed by atoms with Crippen LogP contribution < -0.4 is 5.32 Å². The standard InChI is InChI=1S/C11H15Cl2NO2S/c1-2-17(16)4-3-14-7-8-5-9(12)6-10(13)11(8)15/h5-6,14-15H,2-4,7H2,1H3. The van der Waals surface area contributed by atoms with Gasteiger partial charge < -0.3 is 10.4 Å². The summed E-state index contributed by atoms with van der Waals surface area (Å²) in [5.74, 6) is 1.31. The van der Waals surface area contributed by atoms with Crippen molar-refractivity contribution in [2.45, 2.75) is 13.5 Å². The number of hydrogen-bond acceptors (Lipinski definition) is 3. The van der Waals surface area contributed by atoms with Gasteiger partial charge in [-0.1, -0.05) is 30.1 Å². The number of rotatable bonds is 6. The van der Waals surface area contributed by atoms with Gasteiger partial charge in [0.05, 0.1) is 5.02 Å². The maximum atomic E-state index is 11.2. The van der Waals surface area contributed by atoms with Crippen LogP contribution in [0, 0.1) is 0 Å². The molecule has 0 spiro atoms. The van der Waals surface area contributed by atoms with E-state index in [1.165, 1.54) is 6.07 Å². The quantitative estimate of drug-likeness (QED) is 0.793. The second-order valence-corrected chi connectivity index (χ2v) is 6.21. The second kappa shape index (κ2) is 7.21. The third-order valence-electron chi connectivity index (χ3n) is 2.25. The van der Waals surface area contributed by atoms with E-state index in [4.69, 9.17) is 23.2 Å². The predicted octanol–water partition coefficient (Wildman–Crippen LogP) is 2.56. The van der Waals surface area contributed by atoms with Crippen molar-refractivity contribution in [3.05, 3.63) is 27.7 Å². The Labute approximate surface area is 114 Å². The molecule has 0 aliphatic rings. The number of phenolic OH excluding ortho intramolecular Hbond substituents is 1. The summed E-state index contributed by atoms with van der Waals surface area (Å²) in [6, 6.07) is 3.15. The molecule has 0 heterocycles. The van der Waals surface area contributed by atoms with Gasteiger partial charge in [0, 0.05) is 46.0 Å². The molecule has 0 aromatic heterocycles. The zero-order valence-electron chi connectivity index (χ0n) is 9.50. The molecular formula is C11H15Cl2NO2S. The highest BCUT2D eigenvalue weighted by atomic mass is 35.5. The van der Waals surface area contributed by atoms with Crippen LogP contribution in [-0.4, -0.2) is 27.4 Å². The molecule has 0 fully saturated rings. The first-order chi connectivity index (χ1) is 8.04. The van der Waals surface area contributed by atoms with Gasteiger partial charge in [0.15, 0.2) is 0 Å². The zero-order chi connectivity index (χ0) is 12.8. The van der Waals surface area contributed by atoms with Crippen LogP contribution in [0.4, 0.5) is 0 Å². The Morgan fingerprint density at radius 2 is 2.12 bits per heavy atom. The molecule has 17 heavy (non-hydrogen) atoms. The van der Waals surface area contributed by atoms with E-state index in [1.54, 1.807) is 6.07 Å². The number of nitrogens with one attached hydrogen (secondary N) is 1. The van der Waals surface area contributed by atoms with Crippen LogP contribution >= 0.6 is 23.2 Å². The molecule has 0 amide bonds. The summed E-state index contributed by atoms with van der Waals surface area (Å²) in [6.07, 6.45) is 0. The van der Waals surface area contributed by atoms with Crippen LogP contribution in [0.1, 0.15) is 12.5 Å². The van der Waals surface area contributed by atoms with Gasteiger partial charge in [-0.25, -0.2) is 0 Å². The van der Waals surface area contributed by atoms with E-state index < -0.39 is 10.8 Å². The molecule has 6 heteroatoms. The van der Waals surface area contributed by atoms with Gasteiger partial charge in [0.25, 0.3) is 0 Å². The maximum absolute atomic E-state index is 11.2. The summed E-state index contributed by atoms with van der Waals surface area (Å²) in [5, 5.41) is 13.5. The topological polar surface area (TPSA) is 49.3 Å². The van der Waals surface area contributed by atoms with Crippen molar-refractivity contribution in [1.29, 1.82) is 0 Å². The van der Waals surface area contributed by atoms with Gasteiger partial charge in [0.2, 0.25) is 0 Å². The van der Waals surface area contributed by atoms with Crippen molar-refractivity contribution >= 4 is 34.0 Å². The Kier molecular flexibility index (Phi) is 6.27. The van der Waals surface area contributed by atoms with Gasteiger partial charge in [-0.2, -0.15) is 0 Å². The molecule has 1 atom stereocenters. The minimum absolute atomic E-state index is 0.0418. The van der Waals surface area contributed by atoms with E-state index in [2.05, 4.69) is 5.32 Å². The second-order valence-electron chi connectivity index (χ2n) is 3.50. The van der Waals surface area contributed by atoms with E-state index in [-0.39, 0.29) is 10.8 Å². The highest BCUT2D eigenvalue weighted by Gasteiger charge is 2.07. The molecule has 0 radical (unpaired) electrons. The lowest BCUT2D eigenvalue weighted by Gasteiger charge is -2.08. The molecule has 1 aromatic rings. The Bertz CT molecular complexity index is 413. The van der Waals surface area contributed by atoms with Crippen molar-refractivity contribution in [2.24, 2.45) is 0 Å². The number of phenols is 1. The molecule has 3 nitrogen and oxygen atoms in total. The lowest BCUT2D eigenvalue weighted by molar-refractivity contribution is 0.465. The van der Waals surface area contributed by atoms with Crippen LogP contribution in [0.5, 0.6) is 5.75 Å². The molecule has 0 saturated carbocycles. The summed E-state index contributed by atoms with van der Waals surface area (Å²) >= 11 is 11.6. The average Bonchev–Trinajstić information content (AvgIpc) is 2.30. The number of benzene rings is 1. The Balaban J connectivity index is 2.49. The molecule has 2 N–H and O–H groups in total. The predicted molar refractivity (Wildman–Crippen MR) is 73.4 cm³/mol. The van der Waals surface area contributed by atoms with Crippen molar-refractivity contribution in [1.82, 2.24) is 5.32 Å². The molecule has 0 aliphatic heterocycles. The molecule has 0 bridgehead atoms. The SMILES string of the molecule is CCS(=O)CCNCc1cc(Cl)cc(Cl)c1O. The zero-order valence-corrected chi connectivity index (χ0v) is 11.8. The fraction of sp³-hybridized carbons (Fsp3) is 0.455. The average molecular weight is 296 g/mol. The Hall–Kier alpha value is -0.290. The normalized spacial score (nSPS) is 12.6. The van der Waals surface area contributed by atoms with E-state index in [1.807, 2.05) is 6.92 Å². The van der Waals surface area contributed by atoms with Crippen LogP contribution in [0.25, 0.3) is 0 Å². The molecule has 1 aromatic carbocycles. The highest BCUT2D eigenvalue weighted by Crippen LogP contribution is 2.30. The Morgan fingerprint density at radius 1 is 1.41 bits per heavy atom. The fourth-order valence-electron chi connectivity index (χ4n) is 1.31. The summed E-state index contributed by atoms with van der Waals surface area (Å²) in [5.41, 5.74) is 0.643. The lowest BCUT2D eigenvalue weighted by Crippen LogP contribution is -2.20. The number of aromatic hydroxyl groups is 1. The fourth-order valence-corrected chi connectivity index (χ4v) is 2.50. The highest BCUT2D eigenvalue weighted by molar-refractivity contribution is 7.84. The summed E-state index contributed by atoms with van der Waals surface area (Å²) < 4.78 is 11.2. The third kappa shape index (κ3) is 4.84. The van der Waals surface area contributed by atoms with Crippen LogP contribution in [-0.2, 0) is 17.3 Å². The van der Waals surface area contributed by atoms with Crippen molar-refractivity contribution < 1.29 is 9.32 Å². The molecule has 1 unspecified atom stereocenters. The molecule has 96 valence electrons. The number of halogens is 2. The molecule has 1 rings (SSSR count). The van der Waals surface area contributed by atoms with Gasteiger partial charge in [-0.3, -0.25) is 4.21 Å². The van der Waals surface area contributed by atoms with Crippen molar-refractivity contribution in [2.75, 3.05) is 18.1 Å². The number of hydrogen-bond donors (Lipinski definition) is 2. The van der Waals surface area contributed by atoms with Crippen LogP contribution in [0.15, 0.2) is 12.1 Å². The minimum Gasteiger partial charge on any atom is -0.506 e. The van der Waals surface area contributed by atoms with Gasteiger partial charge >= 0.3 is 0 Å². The van der Waals surface area contributed by atoms with Gasteiger partial charge in [0.1, 0.15) is 5.75 Å². The molecule has 0 aliphatic carbocycles. The van der Waals surface area contributed by atoms with Crippen molar-refractivity contribution in [3.63, 3.8) is 0 Å². The monoisotopic (exact) mass is 295 g/mol. The summed E-state index contributed by atoms with van der Waals surface area (Å²) in [4.78, 5) is 0. The first-order valence-electron chi connectivity index (χ1n) is 5.27. The van der Waals surface area contributed by atoms with E-state index >= 15 is 0 Å². The smallest absolute Gasteiger partial charge is 0.138 e. The van der Waals surface area contributed by atoms with Crippen LogP contribution in [0.2, 0.25) is 10.0 Å². The maximum Gasteiger partial charge on any atom is 0.138 e. The van der Waals surface area contributed by atoms with E-state index in [0.29, 0.717) is 35.2 Å². The van der Waals surface area contributed by atoms with Crippen molar-refractivity contribution in [3.8, 4) is 5.75 Å². The molecule has 0 saturated heterocycles. The lowest BCUT2D eigenvalue weighted by atomic mass is 10.2. The largest absolute Gasteiger partial charge is 0.506 e. The minimum atomic E-state index is -0.776. The Morgan fingerprint density at radius 3 is 2.76 bits per heavy atom. The first-order valence-corrected chi connectivity index (χ1v) is 7.51. The first kappa shape index (κ1) is 14.8. The van der Waals surface area contributed by atoms with Crippen LogP contribution in [0.3, 0.4) is 0 Å². The molecular weight excluding hydrogens is 281 g/mol.